The van der Waals surface area contributed by atoms with Gasteiger partial charge < -0.3 is 15.2 Å². The van der Waals surface area contributed by atoms with Crippen LogP contribution in [0.5, 0.6) is 0 Å². The van der Waals surface area contributed by atoms with Crippen LogP contribution in [0, 0.1) is 0 Å². The molecule has 2 N–H and O–H groups in total. The lowest BCUT2D eigenvalue weighted by atomic mass is 9.84. The summed E-state index contributed by atoms with van der Waals surface area (Å²) in [4.78, 5) is 23.9. The Morgan fingerprint density at radius 1 is 1.11 bits per heavy atom. The fraction of sp³-hybridized carbons (Fsp3) is 0.500. The molecule has 1 aromatic rings. The minimum absolute atomic E-state index is 0.260. The van der Waals surface area contributed by atoms with Crippen molar-refractivity contribution in [3.63, 3.8) is 0 Å². The summed E-state index contributed by atoms with van der Waals surface area (Å²) in [6.45, 7) is 5.69. The van der Waals surface area contributed by atoms with Crippen LogP contribution in [0.4, 0.5) is 5.00 Å². The van der Waals surface area contributed by atoms with Crippen molar-refractivity contribution in [3.05, 3.63) is 16.0 Å². The fourth-order valence-electron chi connectivity index (χ4n) is 1.71. The minimum atomic E-state index is -0.538. The summed E-state index contributed by atoms with van der Waals surface area (Å²) in [7, 11) is 2.58. The Bertz CT molecular complexity index is 485. The number of thiophene rings is 1. The third-order valence-corrected chi connectivity index (χ3v) is 3.44. The van der Waals surface area contributed by atoms with E-state index >= 15 is 0 Å². The molecule has 5 nitrogen and oxygen atoms in total. The summed E-state index contributed by atoms with van der Waals surface area (Å²) in [5.74, 6) is -1.03. The SMILES string of the molecule is COC(=O)c1sc(N)c(C(=O)OC)c1C(C)(C)C. The molecular weight excluding hydrogens is 254 g/mol. The van der Waals surface area contributed by atoms with Crippen molar-refractivity contribution in [1.29, 1.82) is 0 Å². The molecule has 0 aliphatic rings. The number of esters is 2. The summed E-state index contributed by atoms with van der Waals surface area (Å²) in [6.07, 6.45) is 0. The lowest BCUT2D eigenvalue weighted by Crippen LogP contribution is -2.20. The van der Waals surface area contributed by atoms with Crippen molar-refractivity contribution < 1.29 is 19.1 Å². The van der Waals surface area contributed by atoms with E-state index in [1.54, 1.807) is 0 Å². The number of anilines is 1. The largest absolute Gasteiger partial charge is 0.465 e. The Morgan fingerprint density at radius 2 is 1.61 bits per heavy atom. The van der Waals surface area contributed by atoms with Crippen molar-refractivity contribution in [2.75, 3.05) is 20.0 Å². The summed E-state index contributed by atoms with van der Waals surface area (Å²) in [5, 5.41) is 0.271. The van der Waals surface area contributed by atoms with Crippen molar-refractivity contribution in [3.8, 4) is 0 Å². The van der Waals surface area contributed by atoms with E-state index in [0.717, 1.165) is 11.3 Å². The zero-order valence-corrected chi connectivity index (χ0v) is 11.9. The molecule has 100 valence electrons. The van der Waals surface area contributed by atoms with Crippen molar-refractivity contribution in [2.24, 2.45) is 0 Å². The van der Waals surface area contributed by atoms with E-state index in [-0.39, 0.29) is 10.6 Å². The molecule has 0 aromatic carbocycles. The van der Waals surface area contributed by atoms with Gasteiger partial charge in [-0.3, -0.25) is 0 Å². The highest BCUT2D eigenvalue weighted by Crippen LogP contribution is 2.39. The van der Waals surface area contributed by atoms with E-state index in [2.05, 4.69) is 0 Å². The molecule has 0 aliphatic heterocycles. The van der Waals surface area contributed by atoms with Gasteiger partial charge in [0.2, 0.25) is 0 Å². The highest BCUT2D eigenvalue weighted by atomic mass is 32.1. The molecule has 1 rings (SSSR count). The average molecular weight is 271 g/mol. The number of methoxy groups -OCH3 is 2. The van der Waals surface area contributed by atoms with Crippen molar-refractivity contribution in [2.45, 2.75) is 26.2 Å². The summed E-state index contributed by atoms with van der Waals surface area (Å²) >= 11 is 1.05. The first-order chi connectivity index (χ1) is 8.23. The zero-order chi connectivity index (χ0) is 14.1. The van der Waals surface area contributed by atoms with Gasteiger partial charge in [-0.25, -0.2) is 9.59 Å². The third kappa shape index (κ3) is 2.48. The Morgan fingerprint density at radius 3 is 2.00 bits per heavy atom. The second-order valence-corrected chi connectivity index (χ2v) is 5.83. The van der Waals surface area contributed by atoms with Gasteiger partial charge in [0.05, 0.1) is 19.8 Å². The van der Waals surface area contributed by atoms with Crippen LogP contribution in [0.1, 0.15) is 46.4 Å². The molecule has 0 amide bonds. The molecule has 18 heavy (non-hydrogen) atoms. The number of rotatable bonds is 2. The topological polar surface area (TPSA) is 78.6 Å². The van der Waals surface area contributed by atoms with Crippen LogP contribution in [-0.4, -0.2) is 26.2 Å². The Hall–Kier alpha value is -1.56. The summed E-state index contributed by atoms with van der Waals surface area (Å²) in [6, 6.07) is 0. The molecular formula is C12H17NO4S. The van der Waals surface area contributed by atoms with E-state index in [0.29, 0.717) is 10.4 Å². The molecule has 0 bridgehead atoms. The molecule has 0 radical (unpaired) electrons. The fourth-order valence-corrected chi connectivity index (χ4v) is 2.89. The molecule has 0 saturated heterocycles. The number of hydrogen-bond acceptors (Lipinski definition) is 6. The van der Waals surface area contributed by atoms with Gasteiger partial charge in [0.1, 0.15) is 9.88 Å². The monoisotopic (exact) mass is 271 g/mol. The molecule has 0 atom stereocenters. The smallest absolute Gasteiger partial charge is 0.348 e. The zero-order valence-electron chi connectivity index (χ0n) is 11.1. The highest BCUT2D eigenvalue weighted by Gasteiger charge is 2.33. The maximum Gasteiger partial charge on any atom is 0.348 e. The van der Waals surface area contributed by atoms with E-state index < -0.39 is 17.4 Å². The standard InChI is InChI=1S/C12H17NO4S/c1-12(2,3)7-6(10(14)16-4)9(13)18-8(7)11(15)17-5/h13H2,1-5H3. The van der Waals surface area contributed by atoms with E-state index in [4.69, 9.17) is 15.2 Å². The second kappa shape index (κ2) is 4.97. The Labute approximate surface area is 110 Å². The average Bonchev–Trinajstić information content (AvgIpc) is 2.64. The molecule has 0 unspecified atom stereocenters. The first-order valence-electron chi connectivity index (χ1n) is 5.33. The van der Waals surface area contributed by atoms with Gasteiger partial charge in [0.25, 0.3) is 0 Å². The van der Waals surface area contributed by atoms with Crippen LogP contribution < -0.4 is 5.73 Å². The predicted molar refractivity (Wildman–Crippen MR) is 70.1 cm³/mol. The van der Waals surface area contributed by atoms with Gasteiger partial charge in [0, 0.05) is 0 Å². The van der Waals surface area contributed by atoms with Crippen molar-refractivity contribution >= 4 is 28.3 Å². The van der Waals surface area contributed by atoms with Gasteiger partial charge >= 0.3 is 11.9 Å². The molecule has 0 fully saturated rings. The first-order valence-corrected chi connectivity index (χ1v) is 6.15. The van der Waals surface area contributed by atoms with Crippen LogP contribution in [0.15, 0.2) is 0 Å². The number of nitrogen functional groups attached to an aromatic ring is 1. The molecule has 0 aliphatic carbocycles. The minimum Gasteiger partial charge on any atom is -0.465 e. The third-order valence-electron chi connectivity index (χ3n) is 2.45. The molecule has 0 saturated carbocycles. The van der Waals surface area contributed by atoms with Gasteiger partial charge in [-0.15, -0.1) is 11.3 Å². The molecule has 6 heteroatoms. The predicted octanol–water partition coefficient (Wildman–Crippen LogP) is 2.20. The summed E-state index contributed by atoms with van der Waals surface area (Å²) in [5.41, 5.74) is 6.23. The first kappa shape index (κ1) is 14.5. The van der Waals surface area contributed by atoms with Gasteiger partial charge in [-0.2, -0.15) is 0 Å². The highest BCUT2D eigenvalue weighted by molar-refractivity contribution is 7.18. The Kier molecular flexibility index (Phi) is 4.01. The normalized spacial score (nSPS) is 11.2. The summed E-state index contributed by atoms with van der Waals surface area (Å²) < 4.78 is 9.43. The van der Waals surface area contributed by atoms with Crippen LogP contribution in [0.25, 0.3) is 0 Å². The van der Waals surface area contributed by atoms with E-state index in [9.17, 15) is 9.59 Å². The van der Waals surface area contributed by atoms with Gasteiger partial charge in [-0.05, 0) is 11.0 Å². The quantitative estimate of drug-likeness (QED) is 0.834. The number of carbonyl (C=O) groups is 2. The second-order valence-electron chi connectivity index (χ2n) is 4.78. The lowest BCUT2D eigenvalue weighted by Gasteiger charge is -2.20. The van der Waals surface area contributed by atoms with Gasteiger partial charge in [0.15, 0.2) is 0 Å². The molecule has 1 heterocycles. The number of carbonyl (C=O) groups excluding carboxylic acids is 2. The maximum atomic E-state index is 11.8. The number of ether oxygens (including phenoxy) is 2. The van der Waals surface area contributed by atoms with Gasteiger partial charge in [-0.1, -0.05) is 20.8 Å². The van der Waals surface area contributed by atoms with Crippen molar-refractivity contribution in [1.82, 2.24) is 0 Å². The lowest BCUT2D eigenvalue weighted by molar-refractivity contribution is 0.0599. The molecule has 1 aromatic heterocycles. The Balaban J connectivity index is 3.57. The van der Waals surface area contributed by atoms with Crippen LogP contribution in [-0.2, 0) is 14.9 Å². The van der Waals surface area contributed by atoms with E-state index in [1.807, 2.05) is 20.8 Å². The van der Waals surface area contributed by atoms with E-state index in [1.165, 1.54) is 14.2 Å². The maximum absolute atomic E-state index is 11.8. The van der Waals surface area contributed by atoms with Crippen LogP contribution in [0.2, 0.25) is 0 Å². The van der Waals surface area contributed by atoms with Crippen LogP contribution in [0.3, 0.4) is 0 Å². The number of hydrogen-bond donors (Lipinski definition) is 1. The number of nitrogens with two attached hydrogens (primary N) is 1. The molecule has 0 spiro atoms. The van der Waals surface area contributed by atoms with Crippen LogP contribution >= 0.6 is 11.3 Å².